The number of hydrogen-bond acceptors (Lipinski definition) is 2. The molecule has 2 heteroatoms. The molecule has 48 heavy (non-hydrogen) atoms. The highest BCUT2D eigenvalue weighted by molar-refractivity contribution is 6.05. The van der Waals surface area contributed by atoms with Crippen LogP contribution in [0.25, 0.3) is 72.2 Å². The molecule has 0 spiro atoms. The molecule has 0 aliphatic heterocycles. The van der Waals surface area contributed by atoms with Crippen molar-refractivity contribution in [1.29, 1.82) is 5.26 Å². The van der Waals surface area contributed by atoms with Crippen LogP contribution in [-0.2, 0) is 0 Å². The lowest BCUT2D eigenvalue weighted by Gasteiger charge is -2.14. The van der Waals surface area contributed by atoms with E-state index in [0.29, 0.717) is 5.56 Å². The van der Waals surface area contributed by atoms with E-state index in [1.165, 1.54) is 21.9 Å². The summed E-state index contributed by atoms with van der Waals surface area (Å²) in [6, 6.07) is 54.8. The van der Waals surface area contributed by atoms with Gasteiger partial charge >= 0.3 is 0 Å². The van der Waals surface area contributed by atoms with Crippen molar-refractivity contribution in [3.63, 3.8) is 0 Å². The van der Waals surface area contributed by atoms with E-state index in [0.717, 1.165) is 55.9 Å². The van der Waals surface area contributed by atoms with E-state index in [2.05, 4.69) is 128 Å². The highest BCUT2D eigenvalue weighted by Crippen LogP contribution is 2.38. The fourth-order valence-electron chi connectivity index (χ4n) is 6.24. The summed E-state index contributed by atoms with van der Waals surface area (Å²) in [5, 5.41) is 11.5. The zero-order valence-corrected chi connectivity index (χ0v) is 26.5. The molecule has 1 aromatic heterocycles. The van der Waals surface area contributed by atoms with Crippen LogP contribution in [0, 0.1) is 11.3 Å². The van der Waals surface area contributed by atoms with E-state index in [-0.39, 0.29) is 0 Å². The van der Waals surface area contributed by atoms with Crippen LogP contribution in [0.3, 0.4) is 0 Å². The molecule has 6 aromatic carbocycles. The van der Waals surface area contributed by atoms with Gasteiger partial charge in [-0.2, -0.15) is 5.26 Å². The molecule has 7 rings (SSSR count). The first-order valence-corrected chi connectivity index (χ1v) is 15.9. The first kappa shape index (κ1) is 30.1. The number of nitriles is 1. The van der Waals surface area contributed by atoms with E-state index >= 15 is 0 Å². The predicted molar refractivity (Wildman–Crippen MR) is 202 cm³/mol. The minimum Gasteiger partial charge on any atom is -0.248 e. The Balaban J connectivity index is 1.29. The number of fused-ring (bicyclic) bond motifs is 1. The summed E-state index contributed by atoms with van der Waals surface area (Å²) in [4.78, 5) is 5.14. The largest absolute Gasteiger partial charge is 0.248 e. The van der Waals surface area contributed by atoms with Crippen LogP contribution in [0.2, 0.25) is 0 Å². The molecular weight excluding hydrogens is 581 g/mol. The van der Waals surface area contributed by atoms with Gasteiger partial charge < -0.3 is 0 Å². The first-order valence-electron chi connectivity index (χ1n) is 15.9. The fourth-order valence-corrected chi connectivity index (χ4v) is 6.24. The van der Waals surface area contributed by atoms with Gasteiger partial charge in [-0.1, -0.05) is 153 Å². The molecule has 0 aliphatic rings. The highest BCUT2D eigenvalue weighted by atomic mass is 14.7. The Morgan fingerprint density at radius 2 is 1.06 bits per heavy atom. The molecule has 0 saturated carbocycles. The molecule has 0 bridgehead atoms. The molecule has 226 valence electrons. The third-order valence-corrected chi connectivity index (χ3v) is 8.68. The number of nitrogens with zero attached hydrogens (tertiary/aromatic N) is 2. The van der Waals surface area contributed by atoms with Crippen molar-refractivity contribution in [1.82, 2.24) is 4.98 Å². The second kappa shape index (κ2) is 13.4. The number of allylic oxidation sites excluding steroid dienone is 4. The van der Waals surface area contributed by atoms with Crippen molar-refractivity contribution in [2.45, 2.75) is 0 Å². The summed E-state index contributed by atoms with van der Waals surface area (Å²) in [5.41, 5.74) is 13.5. The lowest BCUT2D eigenvalue weighted by molar-refractivity contribution is 1.31. The van der Waals surface area contributed by atoms with Crippen molar-refractivity contribution >= 4 is 16.3 Å². The van der Waals surface area contributed by atoms with Crippen LogP contribution in [0.1, 0.15) is 11.1 Å². The molecule has 0 atom stereocenters. The number of hydrogen-bond donors (Lipinski definition) is 0. The summed E-state index contributed by atoms with van der Waals surface area (Å²) in [6.45, 7) is 7.95. The highest BCUT2D eigenvalue weighted by Gasteiger charge is 2.13. The zero-order valence-electron chi connectivity index (χ0n) is 26.5. The fraction of sp³-hybridized carbons (Fsp3) is 0. The van der Waals surface area contributed by atoms with Crippen molar-refractivity contribution in [3.8, 4) is 62.0 Å². The van der Waals surface area contributed by atoms with Crippen LogP contribution in [0.15, 0.2) is 183 Å². The van der Waals surface area contributed by atoms with Gasteiger partial charge in [0.25, 0.3) is 0 Å². The summed E-state index contributed by atoms with van der Waals surface area (Å²) >= 11 is 0. The van der Waals surface area contributed by atoms with Crippen LogP contribution in [0.4, 0.5) is 0 Å². The molecule has 0 saturated heterocycles. The second-order valence-electron chi connectivity index (χ2n) is 11.6. The molecule has 0 amide bonds. The number of aromatic nitrogens is 1. The molecule has 1 heterocycles. The Bertz CT molecular complexity index is 2350. The van der Waals surface area contributed by atoms with E-state index in [1.807, 2.05) is 54.6 Å². The van der Waals surface area contributed by atoms with Crippen molar-refractivity contribution in [2.24, 2.45) is 0 Å². The molecule has 0 aliphatic carbocycles. The lowest BCUT2D eigenvalue weighted by Crippen LogP contribution is -1.93. The average molecular weight is 613 g/mol. The Morgan fingerprint density at radius 1 is 0.521 bits per heavy atom. The zero-order chi connectivity index (χ0) is 32.9. The molecule has 2 nitrogen and oxygen atoms in total. The normalized spacial score (nSPS) is 11.2. The Kier molecular flexibility index (Phi) is 8.43. The summed E-state index contributed by atoms with van der Waals surface area (Å²) in [7, 11) is 0. The van der Waals surface area contributed by atoms with Gasteiger partial charge in [-0.25, -0.2) is 4.98 Å². The summed E-state index contributed by atoms with van der Waals surface area (Å²) in [6.07, 6.45) is 5.63. The van der Waals surface area contributed by atoms with E-state index < -0.39 is 0 Å². The summed E-state index contributed by atoms with van der Waals surface area (Å²) < 4.78 is 0. The van der Waals surface area contributed by atoms with Crippen molar-refractivity contribution in [2.75, 3.05) is 0 Å². The standard InChI is InChI=1S/C46H32N2/c1-3-11-33(4-2)40-29-45(37-12-6-5-7-13-37)48-46(30-40)39-15-10-14-38(28-39)42-27-26-41(43-16-8-9-17-44(42)43)36-24-22-35(23-25-36)34-20-18-32(31-47)19-21-34/h3-30H,1-2H2/b33-11+. The van der Waals surface area contributed by atoms with Gasteiger partial charge in [0.2, 0.25) is 0 Å². The minimum absolute atomic E-state index is 0.664. The molecule has 0 radical (unpaired) electrons. The Morgan fingerprint density at radius 3 is 1.69 bits per heavy atom. The van der Waals surface area contributed by atoms with Crippen LogP contribution in [-0.4, -0.2) is 4.98 Å². The summed E-state index contributed by atoms with van der Waals surface area (Å²) in [5.74, 6) is 0. The van der Waals surface area contributed by atoms with Gasteiger partial charge in [-0.3, -0.25) is 0 Å². The third-order valence-electron chi connectivity index (χ3n) is 8.68. The van der Waals surface area contributed by atoms with Crippen LogP contribution < -0.4 is 0 Å². The second-order valence-corrected chi connectivity index (χ2v) is 11.6. The van der Waals surface area contributed by atoms with Crippen LogP contribution >= 0.6 is 0 Å². The van der Waals surface area contributed by atoms with Gasteiger partial charge in [0.15, 0.2) is 0 Å². The van der Waals surface area contributed by atoms with Gasteiger partial charge in [0, 0.05) is 11.1 Å². The van der Waals surface area contributed by atoms with Crippen LogP contribution in [0.5, 0.6) is 0 Å². The monoisotopic (exact) mass is 612 g/mol. The van der Waals surface area contributed by atoms with E-state index in [9.17, 15) is 0 Å². The predicted octanol–water partition coefficient (Wildman–Crippen LogP) is 12.2. The maximum absolute atomic E-state index is 9.15. The van der Waals surface area contributed by atoms with Crippen molar-refractivity contribution < 1.29 is 0 Å². The Hall–Kier alpha value is -6.56. The molecule has 0 fully saturated rings. The molecule has 0 N–H and O–H groups in total. The quantitative estimate of drug-likeness (QED) is 0.160. The maximum atomic E-state index is 9.15. The Labute approximate surface area is 281 Å². The minimum atomic E-state index is 0.664. The number of benzene rings is 6. The van der Waals surface area contributed by atoms with Gasteiger partial charge in [0.1, 0.15) is 0 Å². The van der Waals surface area contributed by atoms with Crippen molar-refractivity contribution in [3.05, 3.63) is 194 Å². The average Bonchev–Trinajstić information content (AvgIpc) is 3.17. The third kappa shape index (κ3) is 6.01. The number of rotatable bonds is 8. The SMILES string of the molecule is C=C/C=C(\C=C)c1cc(-c2ccccc2)nc(-c2cccc(-c3ccc(-c4ccc(-c5ccc(C#N)cc5)cc4)c4ccccc34)c2)c1. The van der Waals surface area contributed by atoms with Gasteiger partial charge in [-0.15, -0.1) is 0 Å². The first-order chi connectivity index (χ1) is 23.6. The van der Waals surface area contributed by atoms with E-state index in [1.54, 1.807) is 6.08 Å². The molecular formula is C46H32N2. The maximum Gasteiger partial charge on any atom is 0.0991 e. The topological polar surface area (TPSA) is 36.7 Å². The molecule has 7 aromatic rings. The number of pyridine rings is 1. The lowest BCUT2D eigenvalue weighted by atomic mass is 9.90. The molecule has 0 unspecified atom stereocenters. The van der Waals surface area contributed by atoms with Gasteiger partial charge in [0.05, 0.1) is 23.0 Å². The van der Waals surface area contributed by atoms with E-state index in [4.69, 9.17) is 10.2 Å². The smallest absolute Gasteiger partial charge is 0.0991 e. The van der Waals surface area contributed by atoms with Gasteiger partial charge in [-0.05, 0) is 85.6 Å².